The Bertz CT molecular complexity index is 1350. The molecule has 190 valence electrons. The normalized spacial score (nSPS) is 10.9. The van der Waals surface area contributed by atoms with Crippen LogP contribution in [0.1, 0.15) is 23.9 Å². The van der Waals surface area contributed by atoms with Crippen LogP contribution >= 0.6 is 0 Å². The summed E-state index contributed by atoms with van der Waals surface area (Å²) in [5.41, 5.74) is 4.08. The number of para-hydroxylation sites is 2. The van der Waals surface area contributed by atoms with E-state index in [9.17, 15) is 4.79 Å². The smallest absolute Gasteiger partial charge is 0.248 e. The first-order valence-corrected chi connectivity index (χ1v) is 12.2. The van der Waals surface area contributed by atoms with Crippen LogP contribution in [0, 0.1) is 13.8 Å². The van der Waals surface area contributed by atoms with Crippen molar-refractivity contribution in [2.24, 2.45) is 0 Å². The monoisotopic (exact) mass is 497 g/mol. The number of benzene rings is 3. The second kappa shape index (κ2) is 12.4. The molecule has 4 rings (SSSR count). The maximum atomic E-state index is 12.7. The number of anilines is 1. The fraction of sp³-hybridized carbons (Fsp3) is 0.200. The minimum atomic E-state index is -0.241. The third kappa shape index (κ3) is 6.79. The molecule has 1 heterocycles. The molecule has 4 aromatic rings. The summed E-state index contributed by atoms with van der Waals surface area (Å²) in [6.45, 7) is 7.01. The molecule has 0 aliphatic rings. The van der Waals surface area contributed by atoms with E-state index in [0.717, 1.165) is 28.4 Å². The van der Waals surface area contributed by atoms with Gasteiger partial charge >= 0.3 is 0 Å². The Morgan fingerprint density at radius 1 is 0.892 bits per heavy atom. The molecule has 0 radical (unpaired) electrons. The lowest BCUT2D eigenvalue weighted by atomic mass is 10.2. The number of nitrogens with zero attached hydrogens (tertiary/aromatic N) is 2. The van der Waals surface area contributed by atoms with Crippen molar-refractivity contribution in [3.05, 3.63) is 102 Å². The Balaban J connectivity index is 1.38. The van der Waals surface area contributed by atoms with Crippen LogP contribution in [-0.4, -0.2) is 35.5 Å². The van der Waals surface area contributed by atoms with E-state index in [4.69, 9.17) is 14.2 Å². The van der Waals surface area contributed by atoms with Crippen LogP contribution in [0.15, 0.2) is 84.9 Å². The fourth-order valence-corrected chi connectivity index (χ4v) is 3.82. The Hall–Kier alpha value is -4.52. The van der Waals surface area contributed by atoms with E-state index in [1.54, 1.807) is 6.08 Å². The molecule has 1 amide bonds. The zero-order valence-corrected chi connectivity index (χ0v) is 21.3. The van der Waals surface area contributed by atoms with E-state index in [-0.39, 0.29) is 5.91 Å². The Morgan fingerprint density at radius 2 is 1.59 bits per heavy atom. The molecule has 0 bridgehead atoms. The number of hydrogen-bond donors (Lipinski definition) is 1. The highest BCUT2D eigenvalue weighted by molar-refractivity contribution is 6.02. The molecule has 0 fully saturated rings. The van der Waals surface area contributed by atoms with Crippen LogP contribution in [0.2, 0.25) is 0 Å². The summed E-state index contributed by atoms with van der Waals surface area (Å²) in [5, 5.41) is 7.54. The van der Waals surface area contributed by atoms with Crippen molar-refractivity contribution in [1.82, 2.24) is 9.78 Å². The van der Waals surface area contributed by atoms with Crippen LogP contribution in [-0.2, 0) is 4.79 Å². The van der Waals surface area contributed by atoms with Crippen molar-refractivity contribution >= 4 is 17.7 Å². The minimum Gasteiger partial charge on any atom is -0.490 e. The Kier molecular flexibility index (Phi) is 8.60. The van der Waals surface area contributed by atoms with Gasteiger partial charge in [0.15, 0.2) is 11.5 Å². The highest BCUT2D eigenvalue weighted by Gasteiger charge is 2.14. The third-order valence-electron chi connectivity index (χ3n) is 5.59. The summed E-state index contributed by atoms with van der Waals surface area (Å²) < 4.78 is 19.1. The van der Waals surface area contributed by atoms with Gasteiger partial charge in [0, 0.05) is 6.08 Å². The topological polar surface area (TPSA) is 74.6 Å². The van der Waals surface area contributed by atoms with Gasteiger partial charge < -0.3 is 19.5 Å². The van der Waals surface area contributed by atoms with Crippen molar-refractivity contribution in [3.8, 4) is 22.9 Å². The van der Waals surface area contributed by atoms with Gasteiger partial charge in [-0.1, -0.05) is 42.5 Å². The highest BCUT2D eigenvalue weighted by Crippen LogP contribution is 2.29. The molecular weight excluding hydrogens is 466 g/mol. The molecule has 1 N–H and O–H groups in total. The first kappa shape index (κ1) is 25.6. The number of aromatic nitrogens is 2. The summed E-state index contributed by atoms with van der Waals surface area (Å²) in [6.07, 6.45) is 3.24. The maximum Gasteiger partial charge on any atom is 0.248 e. The zero-order chi connectivity index (χ0) is 26.0. The fourth-order valence-electron chi connectivity index (χ4n) is 3.82. The van der Waals surface area contributed by atoms with Crippen LogP contribution < -0.4 is 19.5 Å². The predicted molar refractivity (Wildman–Crippen MR) is 146 cm³/mol. The summed E-state index contributed by atoms with van der Waals surface area (Å²) in [5.74, 6) is 1.79. The van der Waals surface area contributed by atoms with E-state index >= 15 is 0 Å². The quantitative estimate of drug-likeness (QED) is 0.203. The maximum absolute atomic E-state index is 12.7. The van der Waals surface area contributed by atoms with E-state index in [1.165, 1.54) is 6.08 Å². The van der Waals surface area contributed by atoms with E-state index in [0.29, 0.717) is 37.0 Å². The van der Waals surface area contributed by atoms with Crippen LogP contribution in [0.5, 0.6) is 17.2 Å². The number of carbonyl (C=O) groups excluding carboxylic acids is 1. The molecule has 0 aliphatic heterocycles. The lowest BCUT2D eigenvalue weighted by Crippen LogP contribution is -2.10. The molecule has 0 unspecified atom stereocenters. The van der Waals surface area contributed by atoms with Gasteiger partial charge in [-0.15, -0.1) is 0 Å². The number of rotatable bonds is 11. The molecule has 3 aromatic carbocycles. The number of nitrogens with one attached hydrogen (secondary N) is 1. The van der Waals surface area contributed by atoms with Crippen molar-refractivity contribution in [3.63, 3.8) is 0 Å². The second-order valence-corrected chi connectivity index (χ2v) is 8.26. The number of ether oxygens (including phenoxy) is 3. The predicted octanol–water partition coefficient (Wildman–Crippen LogP) is 6.00. The molecule has 37 heavy (non-hydrogen) atoms. The van der Waals surface area contributed by atoms with E-state index in [1.807, 2.05) is 104 Å². The largest absolute Gasteiger partial charge is 0.490 e. The molecule has 7 nitrogen and oxygen atoms in total. The van der Waals surface area contributed by atoms with E-state index in [2.05, 4.69) is 10.4 Å². The zero-order valence-electron chi connectivity index (χ0n) is 21.3. The van der Waals surface area contributed by atoms with Gasteiger partial charge in [-0.3, -0.25) is 4.79 Å². The van der Waals surface area contributed by atoms with Gasteiger partial charge in [0.25, 0.3) is 0 Å². The summed E-state index contributed by atoms with van der Waals surface area (Å²) in [6, 6.07) is 25.0. The minimum absolute atomic E-state index is 0.241. The molecule has 7 heteroatoms. The molecule has 0 atom stereocenters. The highest BCUT2D eigenvalue weighted by atomic mass is 16.5. The SMILES string of the molecule is CCOc1cc(/C=C/C(=O)Nc2c(C)nn(-c3ccccc3)c2C)ccc1OCCOc1ccccc1. The summed E-state index contributed by atoms with van der Waals surface area (Å²) in [7, 11) is 0. The second-order valence-electron chi connectivity index (χ2n) is 8.26. The van der Waals surface area contributed by atoms with Gasteiger partial charge in [0.2, 0.25) is 5.91 Å². The summed E-state index contributed by atoms with van der Waals surface area (Å²) >= 11 is 0. The molecule has 0 saturated carbocycles. The van der Waals surface area contributed by atoms with Gasteiger partial charge in [-0.05, 0) is 68.8 Å². The lowest BCUT2D eigenvalue weighted by molar-refractivity contribution is -0.111. The van der Waals surface area contributed by atoms with Gasteiger partial charge in [0.05, 0.1) is 29.4 Å². The Morgan fingerprint density at radius 3 is 2.32 bits per heavy atom. The van der Waals surface area contributed by atoms with Crippen LogP contribution in [0.3, 0.4) is 0 Å². The average Bonchev–Trinajstić information content (AvgIpc) is 3.20. The molecule has 0 spiro atoms. The molecular formula is C30H31N3O4. The van der Waals surface area contributed by atoms with Gasteiger partial charge in [0.1, 0.15) is 19.0 Å². The molecule has 0 aliphatic carbocycles. The van der Waals surface area contributed by atoms with Crippen molar-refractivity contribution in [1.29, 1.82) is 0 Å². The first-order valence-electron chi connectivity index (χ1n) is 12.2. The van der Waals surface area contributed by atoms with Gasteiger partial charge in [-0.25, -0.2) is 4.68 Å². The number of hydrogen-bond acceptors (Lipinski definition) is 5. The number of amides is 1. The number of carbonyl (C=O) groups is 1. The average molecular weight is 498 g/mol. The third-order valence-corrected chi connectivity index (χ3v) is 5.59. The first-order chi connectivity index (χ1) is 18.0. The Labute approximate surface area is 217 Å². The van der Waals surface area contributed by atoms with Crippen molar-refractivity contribution in [2.45, 2.75) is 20.8 Å². The van der Waals surface area contributed by atoms with Crippen LogP contribution in [0.4, 0.5) is 5.69 Å². The van der Waals surface area contributed by atoms with Crippen molar-refractivity contribution in [2.75, 3.05) is 25.1 Å². The van der Waals surface area contributed by atoms with E-state index < -0.39 is 0 Å². The van der Waals surface area contributed by atoms with Crippen molar-refractivity contribution < 1.29 is 19.0 Å². The van der Waals surface area contributed by atoms with Gasteiger partial charge in [-0.2, -0.15) is 5.10 Å². The standard InChI is InChI=1S/C30H31N3O4/c1-4-35-28-21-24(15-17-27(28)37-20-19-36-26-13-9-6-10-14-26)16-18-29(34)31-30-22(2)32-33(23(30)3)25-11-7-5-8-12-25/h5-18,21H,4,19-20H2,1-3H3,(H,31,34)/b18-16+. The molecule has 0 saturated heterocycles. The molecule has 1 aromatic heterocycles. The lowest BCUT2D eigenvalue weighted by Gasteiger charge is -2.13. The van der Waals surface area contributed by atoms with Crippen LogP contribution in [0.25, 0.3) is 11.8 Å². The summed E-state index contributed by atoms with van der Waals surface area (Å²) in [4.78, 5) is 12.7. The number of aryl methyl sites for hydroxylation is 1.